The minimum absolute atomic E-state index is 0.0904. The third kappa shape index (κ3) is 4.44. The van der Waals surface area contributed by atoms with Gasteiger partial charge < -0.3 is 10.0 Å². The van der Waals surface area contributed by atoms with E-state index >= 15 is 0 Å². The second-order valence-corrected chi connectivity index (χ2v) is 5.86. The van der Waals surface area contributed by atoms with E-state index in [2.05, 4.69) is 23.7 Å². The van der Waals surface area contributed by atoms with E-state index < -0.39 is 5.97 Å². The van der Waals surface area contributed by atoms with Gasteiger partial charge in [-0.2, -0.15) is 0 Å². The first kappa shape index (κ1) is 14.1. The minimum atomic E-state index is -0.783. The SMILES string of the molecule is CC(C)c1nc(CCN(C)C)sc1CC(=O)O. The first-order valence-electron chi connectivity index (χ1n) is 5.75. The average Bonchev–Trinajstić information content (AvgIpc) is 2.57. The molecular formula is C12H20N2O2S. The molecule has 0 spiro atoms. The molecule has 0 atom stereocenters. The third-order valence-electron chi connectivity index (χ3n) is 2.40. The van der Waals surface area contributed by atoms with Gasteiger partial charge in [-0.3, -0.25) is 4.79 Å². The predicted molar refractivity (Wildman–Crippen MR) is 69.8 cm³/mol. The zero-order valence-corrected chi connectivity index (χ0v) is 11.7. The van der Waals surface area contributed by atoms with Crippen LogP contribution in [0.25, 0.3) is 0 Å². The molecule has 0 amide bonds. The second kappa shape index (κ2) is 6.12. The van der Waals surface area contributed by atoms with Crippen LogP contribution in [-0.4, -0.2) is 41.6 Å². The Morgan fingerprint density at radius 3 is 2.59 bits per heavy atom. The van der Waals surface area contributed by atoms with Crippen LogP contribution in [0.15, 0.2) is 0 Å². The first-order valence-corrected chi connectivity index (χ1v) is 6.56. The van der Waals surface area contributed by atoms with Gasteiger partial charge in [0.25, 0.3) is 0 Å². The van der Waals surface area contributed by atoms with Crippen LogP contribution in [0.4, 0.5) is 0 Å². The molecule has 4 nitrogen and oxygen atoms in total. The standard InChI is InChI=1S/C12H20N2O2S/c1-8(2)12-9(7-11(15)16)17-10(13-12)5-6-14(3)4/h8H,5-7H2,1-4H3,(H,15,16). The molecule has 0 aliphatic carbocycles. The highest BCUT2D eigenvalue weighted by atomic mass is 32.1. The monoisotopic (exact) mass is 256 g/mol. The molecule has 0 unspecified atom stereocenters. The van der Waals surface area contributed by atoms with Crippen molar-refractivity contribution in [1.82, 2.24) is 9.88 Å². The Morgan fingerprint density at radius 1 is 1.47 bits per heavy atom. The third-order valence-corrected chi connectivity index (χ3v) is 3.53. The Labute approximate surface area is 106 Å². The van der Waals surface area contributed by atoms with E-state index in [-0.39, 0.29) is 12.3 Å². The minimum Gasteiger partial charge on any atom is -0.481 e. The molecule has 1 heterocycles. The van der Waals surface area contributed by atoms with E-state index in [4.69, 9.17) is 5.11 Å². The fourth-order valence-electron chi connectivity index (χ4n) is 1.56. The van der Waals surface area contributed by atoms with E-state index in [1.807, 2.05) is 14.1 Å². The van der Waals surface area contributed by atoms with Gasteiger partial charge in [-0.25, -0.2) is 4.98 Å². The number of carbonyl (C=O) groups is 1. The largest absolute Gasteiger partial charge is 0.481 e. The van der Waals surface area contributed by atoms with Crippen molar-refractivity contribution in [2.75, 3.05) is 20.6 Å². The molecule has 1 N–H and O–H groups in total. The Hall–Kier alpha value is -0.940. The van der Waals surface area contributed by atoms with E-state index in [0.29, 0.717) is 0 Å². The molecular weight excluding hydrogens is 236 g/mol. The summed E-state index contributed by atoms with van der Waals surface area (Å²) in [4.78, 5) is 18.4. The van der Waals surface area contributed by atoms with Crippen LogP contribution in [0, 0.1) is 0 Å². The van der Waals surface area contributed by atoms with Gasteiger partial charge in [-0.15, -0.1) is 11.3 Å². The number of carboxylic acid groups (broad SMARTS) is 1. The fourth-order valence-corrected chi connectivity index (χ4v) is 2.76. The molecule has 0 aliphatic rings. The molecule has 0 aromatic carbocycles. The molecule has 0 saturated heterocycles. The molecule has 0 saturated carbocycles. The van der Waals surface area contributed by atoms with Crippen LogP contribution in [-0.2, 0) is 17.6 Å². The van der Waals surface area contributed by atoms with E-state index in [9.17, 15) is 4.79 Å². The van der Waals surface area contributed by atoms with Gasteiger partial charge in [0.05, 0.1) is 17.1 Å². The van der Waals surface area contributed by atoms with Crippen LogP contribution in [0.5, 0.6) is 0 Å². The Kier molecular flexibility index (Phi) is 5.08. The molecule has 5 heteroatoms. The summed E-state index contributed by atoms with van der Waals surface area (Å²) in [6.45, 7) is 5.05. The van der Waals surface area contributed by atoms with E-state index in [1.54, 1.807) is 0 Å². The molecule has 0 radical (unpaired) electrons. The lowest BCUT2D eigenvalue weighted by molar-refractivity contribution is -0.136. The molecule has 17 heavy (non-hydrogen) atoms. The van der Waals surface area contributed by atoms with Gasteiger partial charge in [0.1, 0.15) is 0 Å². The smallest absolute Gasteiger partial charge is 0.308 e. The number of carboxylic acids is 1. The van der Waals surface area contributed by atoms with E-state index in [0.717, 1.165) is 28.5 Å². The lowest BCUT2D eigenvalue weighted by Gasteiger charge is -2.06. The fraction of sp³-hybridized carbons (Fsp3) is 0.667. The molecule has 1 rings (SSSR count). The van der Waals surface area contributed by atoms with Crippen molar-refractivity contribution >= 4 is 17.3 Å². The van der Waals surface area contributed by atoms with Crippen molar-refractivity contribution in [3.63, 3.8) is 0 Å². The Bertz CT molecular complexity index is 386. The highest BCUT2D eigenvalue weighted by Crippen LogP contribution is 2.26. The van der Waals surface area contributed by atoms with Crippen molar-refractivity contribution < 1.29 is 9.90 Å². The van der Waals surface area contributed by atoms with Gasteiger partial charge in [0, 0.05) is 17.8 Å². The van der Waals surface area contributed by atoms with Gasteiger partial charge >= 0.3 is 5.97 Å². The number of hydrogen-bond acceptors (Lipinski definition) is 4. The number of nitrogens with zero attached hydrogens (tertiary/aromatic N) is 2. The lowest BCUT2D eigenvalue weighted by atomic mass is 10.1. The predicted octanol–water partition coefficient (Wildman–Crippen LogP) is 2.00. The molecule has 0 fully saturated rings. The molecule has 1 aromatic heterocycles. The van der Waals surface area contributed by atoms with Crippen LogP contribution < -0.4 is 0 Å². The summed E-state index contributed by atoms with van der Waals surface area (Å²) in [7, 11) is 4.05. The van der Waals surface area contributed by atoms with Gasteiger partial charge in [-0.1, -0.05) is 13.8 Å². The van der Waals surface area contributed by atoms with Gasteiger partial charge in [0.15, 0.2) is 0 Å². The van der Waals surface area contributed by atoms with Crippen LogP contribution in [0.2, 0.25) is 0 Å². The van der Waals surface area contributed by atoms with Crippen molar-refractivity contribution in [2.24, 2.45) is 0 Å². The second-order valence-electron chi connectivity index (χ2n) is 4.69. The van der Waals surface area contributed by atoms with Gasteiger partial charge in [0.2, 0.25) is 0 Å². The van der Waals surface area contributed by atoms with Gasteiger partial charge in [-0.05, 0) is 20.0 Å². The van der Waals surface area contributed by atoms with Crippen molar-refractivity contribution in [3.8, 4) is 0 Å². The van der Waals surface area contributed by atoms with Crippen molar-refractivity contribution in [3.05, 3.63) is 15.6 Å². The number of likely N-dealkylation sites (N-methyl/N-ethyl adjacent to an activating group) is 1. The van der Waals surface area contributed by atoms with E-state index in [1.165, 1.54) is 11.3 Å². The number of aliphatic carboxylic acids is 1. The first-order chi connectivity index (χ1) is 7.90. The highest BCUT2D eigenvalue weighted by molar-refractivity contribution is 7.11. The molecule has 0 aliphatic heterocycles. The zero-order chi connectivity index (χ0) is 13.0. The van der Waals surface area contributed by atoms with Crippen LogP contribution in [0.3, 0.4) is 0 Å². The Balaban J connectivity index is 2.83. The maximum atomic E-state index is 10.8. The van der Waals surface area contributed by atoms with Crippen LogP contribution >= 0.6 is 11.3 Å². The Morgan fingerprint density at radius 2 is 2.12 bits per heavy atom. The maximum Gasteiger partial charge on any atom is 0.308 e. The molecule has 96 valence electrons. The number of thiazole rings is 1. The summed E-state index contributed by atoms with van der Waals surface area (Å²) in [5.41, 5.74) is 0.950. The topological polar surface area (TPSA) is 53.4 Å². The number of rotatable bonds is 6. The molecule has 0 bridgehead atoms. The summed E-state index contributed by atoms with van der Waals surface area (Å²) in [5.74, 6) is -0.497. The summed E-state index contributed by atoms with van der Waals surface area (Å²) in [5, 5.41) is 9.91. The summed E-state index contributed by atoms with van der Waals surface area (Å²) < 4.78 is 0. The van der Waals surface area contributed by atoms with Crippen LogP contribution in [0.1, 0.15) is 35.3 Å². The number of hydrogen-bond donors (Lipinski definition) is 1. The summed E-state index contributed by atoms with van der Waals surface area (Å²) >= 11 is 1.54. The average molecular weight is 256 g/mol. The summed E-state index contributed by atoms with van der Waals surface area (Å²) in [6, 6.07) is 0. The van der Waals surface area contributed by atoms with Crippen molar-refractivity contribution in [2.45, 2.75) is 32.6 Å². The van der Waals surface area contributed by atoms with Crippen molar-refractivity contribution in [1.29, 1.82) is 0 Å². The zero-order valence-electron chi connectivity index (χ0n) is 10.9. The quantitative estimate of drug-likeness (QED) is 0.846. The molecule has 1 aromatic rings. The normalized spacial score (nSPS) is 11.4. The summed E-state index contributed by atoms with van der Waals surface area (Å²) in [6.07, 6.45) is 0.976. The maximum absolute atomic E-state index is 10.8. The highest BCUT2D eigenvalue weighted by Gasteiger charge is 2.16. The number of aromatic nitrogens is 1. The lowest BCUT2D eigenvalue weighted by Crippen LogP contribution is -2.14.